The fraction of sp³-hybridized carbons (Fsp3) is 0.176. The first kappa shape index (κ1) is 16.4. The lowest BCUT2D eigenvalue weighted by atomic mass is 9.97. The molecule has 0 heterocycles. The van der Waals surface area contributed by atoms with E-state index in [1.54, 1.807) is 36.4 Å². The van der Waals surface area contributed by atoms with Crippen LogP contribution < -0.4 is 5.32 Å². The minimum Gasteiger partial charge on any atom is -0.349 e. The molecule has 118 valence electrons. The number of rotatable bonds is 6. The predicted molar refractivity (Wildman–Crippen MR) is 85.0 cm³/mol. The van der Waals surface area contributed by atoms with Crippen molar-refractivity contribution >= 4 is 17.4 Å². The van der Waals surface area contributed by atoms with E-state index in [1.807, 2.05) is 6.07 Å². The molecule has 6 nitrogen and oxygen atoms in total. The van der Waals surface area contributed by atoms with Gasteiger partial charge in [-0.25, -0.2) is 0 Å². The van der Waals surface area contributed by atoms with Crippen molar-refractivity contribution in [1.29, 1.82) is 0 Å². The van der Waals surface area contributed by atoms with E-state index in [-0.39, 0.29) is 23.8 Å². The number of ketones is 1. The van der Waals surface area contributed by atoms with Crippen LogP contribution in [0.2, 0.25) is 0 Å². The van der Waals surface area contributed by atoms with Crippen LogP contribution in [0.25, 0.3) is 0 Å². The molecule has 1 atom stereocenters. The maximum atomic E-state index is 12.3. The van der Waals surface area contributed by atoms with Crippen molar-refractivity contribution in [2.24, 2.45) is 0 Å². The van der Waals surface area contributed by atoms with Crippen molar-refractivity contribution in [3.8, 4) is 0 Å². The van der Waals surface area contributed by atoms with Gasteiger partial charge < -0.3 is 5.32 Å². The van der Waals surface area contributed by atoms with E-state index in [0.29, 0.717) is 11.1 Å². The Hall–Kier alpha value is -3.02. The zero-order valence-corrected chi connectivity index (χ0v) is 12.6. The summed E-state index contributed by atoms with van der Waals surface area (Å²) in [6.07, 6.45) is 0.0847. The first-order valence-electron chi connectivity index (χ1n) is 7.07. The molecule has 1 N–H and O–H groups in total. The molecule has 2 aromatic rings. The first-order valence-corrected chi connectivity index (χ1v) is 7.07. The summed E-state index contributed by atoms with van der Waals surface area (Å²) < 4.78 is 0. The molecule has 0 aliphatic rings. The number of nitro groups is 1. The Balaban J connectivity index is 2.21. The van der Waals surface area contributed by atoms with Gasteiger partial charge in [0.2, 0.25) is 5.91 Å². The number of carbonyl (C=O) groups is 2. The lowest BCUT2D eigenvalue weighted by Gasteiger charge is -2.17. The van der Waals surface area contributed by atoms with E-state index in [4.69, 9.17) is 0 Å². The SMILES string of the molecule is CC(=O)NC(CC(=O)c1ccccc1)c1ccc([N+](=O)[O-])cc1. The van der Waals surface area contributed by atoms with Gasteiger partial charge in [0.15, 0.2) is 5.78 Å². The van der Waals surface area contributed by atoms with Gasteiger partial charge in [-0.3, -0.25) is 19.7 Å². The van der Waals surface area contributed by atoms with Crippen molar-refractivity contribution in [3.05, 3.63) is 75.8 Å². The third-order valence-corrected chi connectivity index (χ3v) is 3.37. The van der Waals surface area contributed by atoms with E-state index < -0.39 is 11.0 Å². The minimum absolute atomic E-state index is 0.0373. The largest absolute Gasteiger partial charge is 0.349 e. The second-order valence-electron chi connectivity index (χ2n) is 5.10. The Morgan fingerprint density at radius 2 is 1.70 bits per heavy atom. The second-order valence-corrected chi connectivity index (χ2v) is 5.10. The van der Waals surface area contributed by atoms with Gasteiger partial charge in [-0.15, -0.1) is 0 Å². The standard InChI is InChI=1S/C17H16N2O4/c1-12(20)18-16(11-17(21)14-5-3-2-4-6-14)13-7-9-15(10-8-13)19(22)23/h2-10,16H,11H2,1H3,(H,18,20). The number of nitrogens with one attached hydrogen (secondary N) is 1. The molecular weight excluding hydrogens is 296 g/mol. The normalized spacial score (nSPS) is 11.5. The van der Waals surface area contributed by atoms with Crippen LogP contribution in [-0.4, -0.2) is 16.6 Å². The first-order chi connectivity index (χ1) is 11.0. The summed E-state index contributed by atoms with van der Waals surface area (Å²) in [6.45, 7) is 1.37. The number of hydrogen-bond acceptors (Lipinski definition) is 4. The number of hydrogen-bond donors (Lipinski definition) is 1. The number of carbonyl (C=O) groups excluding carboxylic acids is 2. The highest BCUT2D eigenvalue weighted by molar-refractivity contribution is 5.96. The number of Topliss-reactive ketones (excluding diaryl/α,β-unsaturated/α-hetero) is 1. The highest BCUT2D eigenvalue weighted by Crippen LogP contribution is 2.22. The van der Waals surface area contributed by atoms with Gasteiger partial charge in [0.25, 0.3) is 5.69 Å². The molecule has 1 amide bonds. The summed E-state index contributed by atoms with van der Waals surface area (Å²) in [5.74, 6) is -0.378. The Bertz CT molecular complexity index is 711. The molecule has 0 saturated carbocycles. The second kappa shape index (κ2) is 7.31. The van der Waals surface area contributed by atoms with Crippen LogP contribution >= 0.6 is 0 Å². The smallest absolute Gasteiger partial charge is 0.269 e. The van der Waals surface area contributed by atoms with Gasteiger partial charge in [0.05, 0.1) is 11.0 Å². The van der Waals surface area contributed by atoms with Crippen LogP contribution in [0.15, 0.2) is 54.6 Å². The van der Waals surface area contributed by atoms with E-state index in [1.165, 1.54) is 19.1 Å². The van der Waals surface area contributed by atoms with E-state index in [9.17, 15) is 19.7 Å². The van der Waals surface area contributed by atoms with Gasteiger partial charge in [-0.2, -0.15) is 0 Å². The molecule has 0 spiro atoms. The number of nitrogens with zero attached hydrogens (tertiary/aromatic N) is 1. The van der Waals surface area contributed by atoms with Crippen LogP contribution in [0, 0.1) is 10.1 Å². The molecule has 0 aromatic heterocycles. The van der Waals surface area contributed by atoms with Gasteiger partial charge >= 0.3 is 0 Å². The molecular formula is C17H16N2O4. The number of benzene rings is 2. The number of amides is 1. The Morgan fingerprint density at radius 1 is 1.09 bits per heavy atom. The molecule has 2 rings (SSSR count). The lowest BCUT2D eigenvalue weighted by Crippen LogP contribution is -2.28. The van der Waals surface area contributed by atoms with Gasteiger partial charge in [-0.1, -0.05) is 42.5 Å². The zero-order chi connectivity index (χ0) is 16.8. The molecule has 0 saturated heterocycles. The highest BCUT2D eigenvalue weighted by atomic mass is 16.6. The lowest BCUT2D eigenvalue weighted by molar-refractivity contribution is -0.384. The van der Waals surface area contributed by atoms with Crippen molar-refractivity contribution < 1.29 is 14.5 Å². The molecule has 0 fully saturated rings. The Kier molecular flexibility index (Phi) is 5.19. The van der Waals surface area contributed by atoms with Crippen LogP contribution in [0.1, 0.15) is 35.3 Å². The molecule has 2 aromatic carbocycles. The van der Waals surface area contributed by atoms with Gasteiger partial charge in [0.1, 0.15) is 0 Å². The summed E-state index contributed by atoms with van der Waals surface area (Å²) in [6, 6.07) is 14.1. The number of nitro benzene ring substituents is 1. The molecule has 6 heteroatoms. The van der Waals surface area contributed by atoms with Crippen molar-refractivity contribution in [2.75, 3.05) is 0 Å². The fourth-order valence-corrected chi connectivity index (χ4v) is 2.25. The van der Waals surface area contributed by atoms with Crippen molar-refractivity contribution in [3.63, 3.8) is 0 Å². The topological polar surface area (TPSA) is 89.3 Å². The Morgan fingerprint density at radius 3 is 2.22 bits per heavy atom. The summed E-state index contributed by atoms with van der Waals surface area (Å²) in [7, 11) is 0. The highest BCUT2D eigenvalue weighted by Gasteiger charge is 2.19. The predicted octanol–water partition coefficient (Wildman–Crippen LogP) is 3.05. The fourth-order valence-electron chi connectivity index (χ4n) is 2.25. The maximum Gasteiger partial charge on any atom is 0.269 e. The van der Waals surface area contributed by atoms with Crippen LogP contribution in [-0.2, 0) is 4.79 Å². The maximum absolute atomic E-state index is 12.3. The van der Waals surface area contributed by atoms with Crippen LogP contribution in [0.4, 0.5) is 5.69 Å². The molecule has 0 bridgehead atoms. The van der Waals surface area contributed by atoms with Crippen molar-refractivity contribution in [1.82, 2.24) is 5.32 Å². The molecule has 0 radical (unpaired) electrons. The average Bonchev–Trinajstić information content (AvgIpc) is 2.54. The van der Waals surface area contributed by atoms with E-state index in [0.717, 1.165) is 0 Å². The third-order valence-electron chi connectivity index (χ3n) is 3.37. The summed E-state index contributed by atoms with van der Waals surface area (Å²) in [5.41, 5.74) is 1.17. The quantitative estimate of drug-likeness (QED) is 0.504. The van der Waals surface area contributed by atoms with Crippen LogP contribution in [0.3, 0.4) is 0 Å². The van der Waals surface area contributed by atoms with Crippen molar-refractivity contribution in [2.45, 2.75) is 19.4 Å². The molecule has 1 unspecified atom stereocenters. The monoisotopic (exact) mass is 312 g/mol. The summed E-state index contributed by atoms with van der Waals surface area (Å²) in [5, 5.41) is 13.4. The zero-order valence-electron chi connectivity index (χ0n) is 12.6. The summed E-state index contributed by atoms with van der Waals surface area (Å²) >= 11 is 0. The minimum atomic E-state index is -0.527. The van der Waals surface area contributed by atoms with Crippen LogP contribution in [0.5, 0.6) is 0 Å². The number of non-ortho nitro benzene ring substituents is 1. The van der Waals surface area contributed by atoms with Gasteiger partial charge in [0, 0.05) is 31.0 Å². The van der Waals surface area contributed by atoms with E-state index in [2.05, 4.69) is 5.32 Å². The van der Waals surface area contributed by atoms with Gasteiger partial charge in [-0.05, 0) is 5.56 Å². The van der Waals surface area contributed by atoms with E-state index >= 15 is 0 Å². The Labute approximate surface area is 133 Å². The molecule has 0 aliphatic heterocycles. The molecule has 23 heavy (non-hydrogen) atoms. The third kappa shape index (κ3) is 4.47. The molecule has 0 aliphatic carbocycles. The summed E-state index contributed by atoms with van der Waals surface area (Å²) in [4.78, 5) is 33.9. The average molecular weight is 312 g/mol.